The van der Waals surface area contributed by atoms with Gasteiger partial charge in [0.1, 0.15) is 9.84 Å². The smallest absolute Gasteiger partial charge is 0.150 e. The Morgan fingerprint density at radius 3 is 2.52 bits per heavy atom. The fourth-order valence-corrected chi connectivity index (χ4v) is 4.09. The van der Waals surface area contributed by atoms with Crippen molar-refractivity contribution in [2.75, 3.05) is 24.6 Å². The third-order valence-electron chi connectivity index (χ3n) is 3.50. The van der Waals surface area contributed by atoms with Gasteiger partial charge in [-0.25, -0.2) is 8.42 Å². The van der Waals surface area contributed by atoms with Crippen molar-refractivity contribution < 1.29 is 8.42 Å². The highest BCUT2D eigenvalue weighted by Gasteiger charge is 2.16. The minimum Gasteiger partial charge on any atom is -0.317 e. The molecule has 0 aromatic heterocycles. The molecule has 1 unspecified atom stereocenters. The number of hydrogen-bond acceptors (Lipinski definition) is 3. The molecule has 0 saturated heterocycles. The summed E-state index contributed by atoms with van der Waals surface area (Å²) in [6.45, 7) is 5.67. The Balaban J connectivity index is 2.65. The van der Waals surface area contributed by atoms with Gasteiger partial charge in [-0.05, 0) is 49.9 Å². The van der Waals surface area contributed by atoms with Gasteiger partial charge in [-0.1, -0.05) is 43.6 Å². The Bertz CT molecular complexity index is 517. The summed E-state index contributed by atoms with van der Waals surface area (Å²) in [6, 6.07) is 7.78. The van der Waals surface area contributed by atoms with Gasteiger partial charge in [-0.15, -0.1) is 0 Å². The van der Waals surface area contributed by atoms with Crippen LogP contribution in [0.3, 0.4) is 0 Å². The van der Waals surface area contributed by atoms with E-state index in [-0.39, 0.29) is 17.4 Å². The molecule has 1 rings (SSSR count). The largest absolute Gasteiger partial charge is 0.317 e. The van der Waals surface area contributed by atoms with Crippen LogP contribution < -0.4 is 5.32 Å². The Kier molecular flexibility index (Phi) is 8.30. The molecule has 0 aliphatic carbocycles. The number of benzene rings is 1. The highest BCUT2D eigenvalue weighted by Crippen LogP contribution is 2.20. The first-order chi connectivity index (χ1) is 9.98. The quantitative estimate of drug-likeness (QED) is 0.715. The summed E-state index contributed by atoms with van der Waals surface area (Å²) in [6.07, 6.45) is 2.18. The van der Waals surface area contributed by atoms with Gasteiger partial charge in [0.25, 0.3) is 0 Å². The van der Waals surface area contributed by atoms with Crippen molar-refractivity contribution in [3.63, 3.8) is 0 Å². The van der Waals surface area contributed by atoms with Crippen LogP contribution in [0.4, 0.5) is 0 Å². The van der Waals surface area contributed by atoms with Crippen LogP contribution in [-0.4, -0.2) is 33.0 Å². The summed E-state index contributed by atoms with van der Waals surface area (Å²) in [5.74, 6) is 0.838. The zero-order valence-electron chi connectivity index (χ0n) is 12.9. The third kappa shape index (κ3) is 7.30. The van der Waals surface area contributed by atoms with Gasteiger partial charge in [0.2, 0.25) is 0 Å². The van der Waals surface area contributed by atoms with Crippen molar-refractivity contribution in [2.24, 2.45) is 5.92 Å². The molecule has 0 aliphatic rings. The molecule has 1 aromatic carbocycles. The first kappa shape index (κ1) is 18.5. The van der Waals surface area contributed by atoms with Gasteiger partial charge in [-0.2, -0.15) is 0 Å². The average Bonchev–Trinajstić information content (AvgIpc) is 2.44. The van der Waals surface area contributed by atoms with E-state index in [0.717, 1.165) is 30.1 Å². The van der Waals surface area contributed by atoms with Gasteiger partial charge < -0.3 is 5.32 Å². The van der Waals surface area contributed by atoms with E-state index >= 15 is 0 Å². The molecular formula is C16H26ClNO2S. The molecule has 5 heteroatoms. The van der Waals surface area contributed by atoms with Gasteiger partial charge in [-0.3, -0.25) is 0 Å². The van der Waals surface area contributed by atoms with Crippen LogP contribution in [0.25, 0.3) is 0 Å². The van der Waals surface area contributed by atoms with E-state index in [1.54, 1.807) is 0 Å². The molecule has 120 valence electrons. The Labute approximate surface area is 134 Å². The van der Waals surface area contributed by atoms with Gasteiger partial charge >= 0.3 is 0 Å². The normalized spacial score (nSPS) is 13.3. The van der Waals surface area contributed by atoms with Gasteiger partial charge in [0, 0.05) is 10.8 Å². The zero-order valence-corrected chi connectivity index (χ0v) is 14.5. The minimum atomic E-state index is -2.91. The Morgan fingerprint density at radius 2 is 1.90 bits per heavy atom. The van der Waals surface area contributed by atoms with Crippen LogP contribution in [0.5, 0.6) is 0 Å². The molecule has 1 aromatic rings. The van der Waals surface area contributed by atoms with Crippen molar-refractivity contribution in [3.8, 4) is 0 Å². The zero-order chi connectivity index (χ0) is 15.7. The highest BCUT2D eigenvalue weighted by atomic mass is 35.5. The molecule has 1 atom stereocenters. The lowest BCUT2D eigenvalue weighted by Crippen LogP contribution is -2.26. The second-order valence-corrected chi connectivity index (χ2v) is 8.12. The number of rotatable bonds is 10. The van der Waals surface area contributed by atoms with Crippen LogP contribution in [0.15, 0.2) is 24.3 Å². The van der Waals surface area contributed by atoms with Gasteiger partial charge in [0.05, 0.1) is 5.75 Å². The topological polar surface area (TPSA) is 46.2 Å². The standard InChI is InChI=1S/C16H26ClNO2S/c1-3-10-21(19,20)11-9-14(13-18-4-2)12-15-7-5-6-8-16(15)17/h5-8,14,18H,3-4,9-13H2,1-2H3. The molecule has 0 aliphatic heterocycles. The average molecular weight is 332 g/mol. The lowest BCUT2D eigenvalue weighted by atomic mass is 9.97. The second-order valence-electron chi connectivity index (χ2n) is 5.41. The molecule has 3 nitrogen and oxygen atoms in total. The highest BCUT2D eigenvalue weighted by molar-refractivity contribution is 7.91. The summed E-state index contributed by atoms with van der Waals surface area (Å²) < 4.78 is 23.8. The van der Waals surface area contributed by atoms with Crippen molar-refractivity contribution >= 4 is 21.4 Å². The van der Waals surface area contributed by atoms with Crippen LogP contribution in [0.1, 0.15) is 32.3 Å². The second kappa shape index (κ2) is 9.44. The van der Waals surface area contributed by atoms with Crippen LogP contribution >= 0.6 is 11.6 Å². The summed E-state index contributed by atoms with van der Waals surface area (Å²) in [4.78, 5) is 0. The van der Waals surface area contributed by atoms with E-state index in [9.17, 15) is 8.42 Å². The molecule has 0 heterocycles. The predicted octanol–water partition coefficient (Wildman–Crippen LogP) is 3.32. The number of hydrogen-bond donors (Lipinski definition) is 1. The van der Waals surface area contributed by atoms with E-state index in [4.69, 9.17) is 11.6 Å². The molecular weight excluding hydrogens is 306 g/mol. The summed E-state index contributed by atoms with van der Waals surface area (Å²) in [5.41, 5.74) is 1.09. The van der Waals surface area contributed by atoms with Crippen molar-refractivity contribution in [1.82, 2.24) is 5.32 Å². The van der Waals surface area contributed by atoms with E-state index in [1.165, 1.54) is 0 Å². The van der Waals surface area contributed by atoms with E-state index in [0.29, 0.717) is 12.8 Å². The van der Waals surface area contributed by atoms with Crippen LogP contribution in [0, 0.1) is 5.92 Å². The number of sulfone groups is 1. The van der Waals surface area contributed by atoms with E-state index in [1.807, 2.05) is 31.2 Å². The maximum absolute atomic E-state index is 11.9. The lowest BCUT2D eigenvalue weighted by molar-refractivity contribution is 0.465. The maximum atomic E-state index is 11.9. The lowest BCUT2D eigenvalue weighted by Gasteiger charge is -2.18. The fourth-order valence-electron chi connectivity index (χ4n) is 2.36. The summed E-state index contributed by atoms with van der Waals surface area (Å²) in [7, 11) is -2.91. The molecule has 0 amide bonds. The Morgan fingerprint density at radius 1 is 1.19 bits per heavy atom. The fraction of sp³-hybridized carbons (Fsp3) is 0.625. The molecule has 0 fully saturated rings. The van der Waals surface area contributed by atoms with Crippen molar-refractivity contribution in [1.29, 1.82) is 0 Å². The first-order valence-corrected chi connectivity index (χ1v) is 9.83. The first-order valence-electron chi connectivity index (χ1n) is 7.63. The number of nitrogens with one attached hydrogen (secondary N) is 1. The molecule has 0 bridgehead atoms. The molecule has 0 spiro atoms. The summed E-state index contributed by atoms with van der Waals surface area (Å²) >= 11 is 6.20. The minimum absolute atomic E-state index is 0.265. The van der Waals surface area contributed by atoms with Gasteiger partial charge in [0.15, 0.2) is 0 Å². The maximum Gasteiger partial charge on any atom is 0.150 e. The third-order valence-corrected chi connectivity index (χ3v) is 5.76. The SMILES string of the molecule is CCCS(=O)(=O)CCC(CNCC)Cc1ccccc1Cl. The van der Waals surface area contributed by atoms with Crippen LogP contribution in [-0.2, 0) is 16.3 Å². The Hall–Kier alpha value is -0.580. The van der Waals surface area contributed by atoms with Crippen molar-refractivity contribution in [3.05, 3.63) is 34.9 Å². The van der Waals surface area contributed by atoms with E-state index < -0.39 is 9.84 Å². The predicted molar refractivity (Wildman–Crippen MR) is 90.8 cm³/mol. The monoisotopic (exact) mass is 331 g/mol. The van der Waals surface area contributed by atoms with E-state index in [2.05, 4.69) is 12.2 Å². The number of halogens is 1. The van der Waals surface area contributed by atoms with Crippen LogP contribution in [0.2, 0.25) is 5.02 Å². The molecule has 21 heavy (non-hydrogen) atoms. The molecule has 0 radical (unpaired) electrons. The molecule has 0 saturated carbocycles. The molecule has 1 N–H and O–H groups in total. The summed E-state index contributed by atoms with van der Waals surface area (Å²) in [5, 5.41) is 4.08. The van der Waals surface area contributed by atoms with Crippen molar-refractivity contribution in [2.45, 2.75) is 33.1 Å².